The van der Waals surface area contributed by atoms with E-state index < -0.39 is 19.1 Å². The molecular formula is C30H29ClN2O5S2. The summed E-state index contributed by atoms with van der Waals surface area (Å²) in [7, 11) is -2.04. The Balaban J connectivity index is 0.000000161. The summed E-state index contributed by atoms with van der Waals surface area (Å²) in [6.45, 7) is 3.03. The van der Waals surface area contributed by atoms with Crippen LogP contribution in [0.1, 0.15) is 28.4 Å². The summed E-state index contributed by atoms with van der Waals surface area (Å²) < 4.78 is 48.0. The van der Waals surface area contributed by atoms with Gasteiger partial charge in [-0.3, -0.25) is 9.10 Å². The summed E-state index contributed by atoms with van der Waals surface area (Å²) in [5.74, 6) is -0.0119. The molecule has 6 rings (SSSR count). The fourth-order valence-corrected chi connectivity index (χ4v) is 6.70. The Morgan fingerprint density at radius 3 is 1.93 bits per heavy atom. The minimum absolute atomic E-state index is 0.0119. The number of carbonyl (C=O) groups excluding carboxylic acids is 1. The molecule has 0 radical (unpaired) electrons. The maximum atomic E-state index is 12.7. The monoisotopic (exact) mass is 596 g/mol. The highest BCUT2D eigenvalue weighted by atomic mass is 35.7. The van der Waals surface area contributed by atoms with Crippen LogP contribution >= 0.6 is 10.7 Å². The van der Waals surface area contributed by atoms with Crippen molar-refractivity contribution in [1.82, 2.24) is 0 Å². The van der Waals surface area contributed by atoms with E-state index >= 15 is 0 Å². The Bertz CT molecular complexity index is 1670. The highest BCUT2D eigenvalue weighted by Crippen LogP contribution is 2.33. The molecule has 40 heavy (non-hydrogen) atoms. The number of ketones is 1. The normalized spacial score (nSPS) is 13.5. The molecule has 2 aliphatic rings. The van der Waals surface area contributed by atoms with Gasteiger partial charge in [-0.25, -0.2) is 16.8 Å². The van der Waals surface area contributed by atoms with E-state index in [-0.39, 0.29) is 15.6 Å². The van der Waals surface area contributed by atoms with Crippen molar-refractivity contribution >= 4 is 46.9 Å². The predicted octanol–water partition coefficient (Wildman–Crippen LogP) is 5.91. The number of fused-ring (bicyclic) bond motifs is 2. The number of para-hydroxylation sites is 1. The number of nitrogens with one attached hydrogen (secondary N) is 1. The quantitative estimate of drug-likeness (QED) is 0.232. The fourth-order valence-electron chi connectivity index (χ4n) is 4.39. The Kier molecular flexibility index (Phi) is 9.29. The third-order valence-corrected chi connectivity index (χ3v) is 9.62. The maximum Gasteiger partial charge on any atom is 0.264 e. The average Bonchev–Trinajstić information content (AvgIpc) is 3.61. The van der Waals surface area contributed by atoms with Crippen LogP contribution in [-0.2, 0) is 31.9 Å². The third kappa shape index (κ3) is 7.10. The summed E-state index contributed by atoms with van der Waals surface area (Å²) in [5.41, 5.74) is 4.97. The number of halogens is 1. The lowest BCUT2D eigenvalue weighted by Gasteiger charge is -2.19. The van der Waals surface area contributed by atoms with Gasteiger partial charge in [0.25, 0.3) is 19.1 Å². The standard InChI is InChI=1S/C16H15NO3S.C8H9N.C6H5ClO2S/c1-12(18)13-7-8-16-14(11-13)9-10-17(16)21(19,20)15-5-3-2-4-6-15;1-2-4-8-7(3-1)5-6-9-8;7-10(8,9)6-4-2-1-3-5-6/h2-8,11H,9-10H2,1H3;1-4,9H,5-6H2;1-5H. The zero-order valence-corrected chi connectivity index (χ0v) is 24.2. The van der Waals surface area contributed by atoms with Gasteiger partial charge in [0.05, 0.1) is 15.5 Å². The van der Waals surface area contributed by atoms with Gasteiger partial charge >= 0.3 is 0 Å². The lowest BCUT2D eigenvalue weighted by Crippen LogP contribution is -2.29. The number of sulfonamides is 1. The van der Waals surface area contributed by atoms with Crippen LogP contribution in [0.25, 0.3) is 0 Å². The first-order chi connectivity index (χ1) is 19.1. The van der Waals surface area contributed by atoms with Gasteiger partial charge < -0.3 is 5.32 Å². The Morgan fingerprint density at radius 1 is 0.750 bits per heavy atom. The average molecular weight is 597 g/mol. The molecule has 0 saturated heterocycles. The zero-order chi connectivity index (χ0) is 28.8. The molecule has 0 bridgehead atoms. The van der Waals surface area contributed by atoms with Crippen LogP contribution in [0.2, 0.25) is 0 Å². The summed E-state index contributed by atoms with van der Waals surface area (Å²) in [5, 5.41) is 3.30. The lowest BCUT2D eigenvalue weighted by atomic mass is 10.1. The molecule has 0 atom stereocenters. The van der Waals surface area contributed by atoms with Crippen molar-refractivity contribution in [3.63, 3.8) is 0 Å². The number of benzene rings is 4. The number of rotatable bonds is 4. The number of nitrogens with zero attached hydrogens (tertiary/aromatic N) is 1. The van der Waals surface area contributed by atoms with Crippen LogP contribution in [0.4, 0.5) is 11.4 Å². The van der Waals surface area contributed by atoms with Crippen molar-refractivity contribution in [2.75, 3.05) is 22.7 Å². The second-order valence-electron chi connectivity index (χ2n) is 9.12. The summed E-state index contributed by atoms with van der Waals surface area (Å²) >= 11 is 0. The van der Waals surface area contributed by atoms with Gasteiger partial charge in [-0.15, -0.1) is 0 Å². The van der Waals surface area contributed by atoms with E-state index in [1.54, 1.807) is 66.7 Å². The van der Waals surface area contributed by atoms with Gasteiger partial charge in [-0.1, -0.05) is 54.6 Å². The number of hydrogen-bond donors (Lipinski definition) is 1. The molecule has 208 valence electrons. The third-order valence-electron chi connectivity index (χ3n) is 6.42. The van der Waals surface area contributed by atoms with E-state index in [9.17, 15) is 21.6 Å². The van der Waals surface area contributed by atoms with Crippen molar-refractivity contribution in [3.05, 3.63) is 120 Å². The maximum absolute atomic E-state index is 12.7. The van der Waals surface area contributed by atoms with Crippen molar-refractivity contribution in [2.24, 2.45) is 0 Å². The van der Waals surface area contributed by atoms with Crippen LogP contribution < -0.4 is 9.62 Å². The topological polar surface area (TPSA) is 101 Å². The molecular weight excluding hydrogens is 568 g/mol. The van der Waals surface area contributed by atoms with Crippen molar-refractivity contribution in [3.8, 4) is 0 Å². The Morgan fingerprint density at radius 2 is 1.35 bits per heavy atom. The first-order valence-electron chi connectivity index (χ1n) is 12.6. The van der Waals surface area contributed by atoms with Crippen LogP contribution in [-0.4, -0.2) is 35.7 Å². The molecule has 4 aromatic rings. The molecule has 10 heteroatoms. The number of anilines is 2. The van der Waals surface area contributed by atoms with Gasteiger partial charge in [-0.2, -0.15) is 0 Å². The van der Waals surface area contributed by atoms with Crippen LogP contribution in [0, 0.1) is 0 Å². The minimum Gasteiger partial charge on any atom is -0.384 e. The number of Topliss-reactive ketones (excluding diaryl/α,β-unsaturated/α-hetero) is 1. The van der Waals surface area contributed by atoms with E-state index in [1.807, 2.05) is 0 Å². The summed E-state index contributed by atoms with van der Waals surface area (Å²) in [6, 6.07) is 29.9. The van der Waals surface area contributed by atoms with Crippen molar-refractivity contribution in [1.29, 1.82) is 0 Å². The van der Waals surface area contributed by atoms with Gasteiger partial charge in [0.1, 0.15) is 0 Å². The van der Waals surface area contributed by atoms with Gasteiger partial charge in [-0.05, 0) is 79.4 Å². The molecule has 0 saturated carbocycles. The highest BCUT2D eigenvalue weighted by Gasteiger charge is 2.30. The van der Waals surface area contributed by atoms with Crippen LogP contribution in [0.5, 0.6) is 0 Å². The SMILES string of the molecule is CC(=O)c1ccc2c(c1)CCN2S(=O)(=O)c1ccccc1.O=S(=O)(Cl)c1ccccc1.c1ccc2c(c1)CCN2. The largest absolute Gasteiger partial charge is 0.384 e. The van der Waals surface area contributed by atoms with E-state index in [0.29, 0.717) is 24.2 Å². The van der Waals surface area contributed by atoms with Crippen LogP contribution in [0.15, 0.2) is 113 Å². The molecule has 0 spiro atoms. The van der Waals surface area contributed by atoms with E-state index in [0.717, 1.165) is 12.1 Å². The fraction of sp³-hybridized carbons (Fsp3) is 0.167. The highest BCUT2D eigenvalue weighted by molar-refractivity contribution is 8.13. The second kappa shape index (κ2) is 12.7. The molecule has 0 aromatic heterocycles. The van der Waals surface area contributed by atoms with Crippen LogP contribution in [0.3, 0.4) is 0 Å². The first-order valence-corrected chi connectivity index (χ1v) is 16.4. The Labute approximate surface area is 239 Å². The molecule has 4 aromatic carbocycles. The van der Waals surface area contributed by atoms with Gasteiger partial charge in [0.2, 0.25) is 0 Å². The molecule has 7 nitrogen and oxygen atoms in total. The Hall–Kier alpha value is -3.66. The molecule has 1 N–H and O–H groups in total. The number of hydrogen-bond acceptors (Lipinski definition) is 6. The summed E-state index contributed by atoms with van der Waals surface area (Å²) in [4.78, 5) is 11.8. The smallest absolute Gasteiger partial charge is 0.264 e. The molecule has 2 aliphatic heterocycles. The van der Waals surface area contributed by atoms with E-state index in [2.05, 4.69) is 29.6 Å². The van der Waals surface area contributed by atoms with Crippen molar-refractivity contribution in [2.45, 2.75) is 29.6 Å². The second-order valence-corrected chi connectivity index (χ2v) is 13.6. The summed E-state index contributed by atoms with van der Waals surface area (Å²) in [6.07, 6.45) is 1.82. The van der Waals surface area contributed by atoms with E-state index in [1.165, 1.54) is 41.0 Å². The minimum atomic E-state index is -3.54. The zero-order valence-electron chi connectivity index (χ0n) is 21.8. The first kappa shape index (κ1) is 29.3. The predicted molar refractivity (Wildman–Crippen MR) is 159 cm³/mol. The number of carbonyl (C=O) groups is 1. The molecule has 0 fully saturated rings. The van der Waals surface area contributed by atoms with Gasteiger partial charge in [0, 0.05) is 35.0 Å². The molecule has 0 aliphatic carbocycles. The molecule has 0 amide bonds. The molecule has 0 unspecified atom stereocenters. The van der Waals surface area contributed by atoms with Crippen molar-refractivity contribution < 1.29 is 21.6 Å². The molecule has 2 heterocycles. The van der Waals surface area contributed by atoms with E-state index in [4.69, 9.17) is 10.7 Å². The lowest BCUT2D eigenvalue weighted by molar-refractivity contribution is 0.101. The van der Waals surface area contributed by atoms with Gasteiger partial charge in [0.15, 0.2) is 5.78 Å².